The number of benzene rings is 2. The number of rotatable bonds is 6. The molecule has 1 N–H and O–H groups in total. The third kappa shape index (κ3) is 4.08. The summed E-state index contributed by atoms with van der Waals surface area (Å²) in [4.78, 5) is 38.0. The first-order valence-electron chi connectivity index (χ1n) is 8.56. The van der Waals surface area contributed by atoms with Gasteiger partial charge in [0.25, 0.3) is 5.91 Å². The van der Waals surface area contributed by atoms with Crippen LogP contribution >= 0.6 is 0 Å². The SMILES string of the molecule is CCC(=O)c1ccc2c(c1)N(CC(=O)Nc1ccc(OC)cc1)C(=O)CO2. The molecule has 0 unspecified atom stereocenters. The number of Topliss-reactive ketones (excluding diaryl/α,β-unsaturated/α-hetero) is 1. The van der Waals surface area contributed by atoms with E-state index in [0.717, 1.165) is 0 Å². The minimum absolute atomic E-state index is 0.0431. The summed E-state index contributed by atoms with van der Waals surface area (Å²) in [6.45, 7) is 1.44. The molecule has 27 heavy (non-hydrogen) atoms. The van der Waals surface area contributed by atoms with E-state index in [4.69, 9.17) is 9.47 Å². The molecule has 1 aliphatic heterocycles. The van der Waals surface area contributed by atoms with Gasteiger partial charge in [0.15, 0.2) is 12.4 Å². The molecule has 0 aliphatic carbocycles. The molecule has 7 heteroatoms. The molecule has 0 atom stereocenters. The van der Waals surface area contributed by atoms with Gasteiger partial charge in [0.1, 0.15) is 18.0 Å². The van der Waals surface area contributed by atoms with Gasteiger partial charge in [0.05, 0.1) is 12.8 Å². The molecule has 1 heterocycles. The second kappa shape index (κ2) is 7.90. The maximum absolute atomic E-state index is 12.4. The summed E-state index contributed by atoms with van der Waals surface area (Å²) in [5, 5.41) is 2.74. The maximum Gasteiger partial charge on any atom is 0.265 e. The van der Waals surface area contributed by atoms with Crippen molar-refractivity contribution < 1.29 is 23.9 Å². The van der Waals surface area contributed by atoms with E-state index in [1.807, 2.05) is 0 Å². The zero-order valence-corrected chi connectivity index (χ0v) is 15.2. The number of hydrogen-bond donors (Lipinski definition) is 1. The average Bonchev–Trinajstić information content (AvgIpc) is 2.69. The van der Waals surface area contributed by atoms with Crippen LogP contribution in [0.15, 0.2) is 42.5 Å². The van der Waals surface area contributed by atoms with E-state index in [2.05, 4.69) is 5.32 Å². The predicted octanol–water partition coefficient (Wildman–Crippen LogP) is 2.65. The summed E-state index contributed by atoms with van der Waals surface area (Å²) in [5.74, 6) is 0.415. The number of amides is 2. The number of hydrogen-bond acceptors (Lipinski definition) is 5. The Morgan fingerprint density at radius 1 is 1.19 bits per heavy atom. The zero-order chi connectivity index (χ0) is 19.4. The molecule has 0 aromatic heterocycles. The normalized spacial score (nSPS) is 12.8. The van der Waals surface area contributed by atoms with Crippen LogP contribution in [0.25, 0.3) is 0 Å². The molecule has 0 radical (unpaired) electrons. The highest BCUT2D eigenvalue weighted by atomic mass is 16.5. The van der Waals surface area contributed by atoms with Crippen LogP contribution in [0.2, 0.25) is 0 Å². The fraction of sp³-hybridized carbons (Fsp3) is 0.250. The number of carbonyl (C=O) groups is 3. The van der Waals surface area contributed by atoms with Crippen molar-refractivity contribution in [3.05, 3.63) is 48.0 Å². The van der Waals surface area contributed by atoms with E-state index in [1.165, 1.54) is 4.90 Å². The number of anilines is 2. The van der Waals surface area contributed by atoms with E-state index in [9.17, 15) is 14.4 Å². The molecule has 2 aromatic rings. The second-order valence-electron chi connectivity index (χ2n) is 6.00. The van der Waals surface area contributed by atoms with Crippen LogP contribution in [0.4, 0.5) is 11.4 Å². The molecule has 2 amide bonds. The second-order valence-corrected chi connectivity index (χ2v) is 6.00. The molecule has 0 bridgehead atoms. The topological polar surface area (TPSA) is 84.9 Å². The highest BCUT2D eigenvalue weighted by Crippen LogP contribution is 2.33. The lowest BCUT2D eigenvalue weighted by molar-refractivity contribution is -0.123. The average molecular weight is 368 g/mol. The summed E-state index contributed by atoms with van der Waals surface area (Å²) in [6, 6.07) is 11.8. The Morgan fingerprint density at radius 2 is 1.93 bits per heavy atom. The Hall–Kier alpha value is -3.35. The van der Waals surface area contributed by atoms with Crippen LogP contribution in [-0.2, 0) is 9.59 Å². The van der Waals surface area contributed by atoms with Gasteiger partial charge in [-0.15, -0.1) is 0 Å². The Balaban J connectivity index is 1.78. The van der Waals surface area contributed by atoms with Crippen LogP contribution in [0.1, 0.15) is 23.7 Å². The number of carbonyl (C=O) groups excluding carboxylic acids is 3. The molecular weight excluding hydrogens is 348 g/mol. The molecule has 0 saturated carbocycles. The Kier molecular flexibility index (Phi) is 5.40. The number of nitrogens with one attached hydrogen (secondary N) is 1. The number of ketones is 1. The highest BCUT2D eigenvalue weighted by molar-refractivity contribution is 6.06. The predicted molar refractivity (Wildman–Crippen MR) is 101 cm³/mol. The smallest absolute Gasteiger partial charge is 0.265 e. The largest absolute Gasteiger partial charge is 0.497 e. The molecular formula is C20H20N2O5. The maximum atomic E-state index is 12.4. The molecule has 2 aromatic carbocycles. The van der Waals surface area contributed by atoms with Crippen molar-refractivity contribution in [2.45, 2.75) is 13.3 Å². The van der Waals surface area contributed by atoms with Crippen molar-refractivity contribution in [3.8, 4) is 11.5 Å². The van der Waals surface area contributed by atoms with Gasteiger partial charge in [-0.1, -0.05) is 6.92 Å². The molecule has 7 nitrogen and oxygen atoms in total. The van der Waals surface area contributed by atoms with Crippen molar-refractivity contribution >= 4 is 29.0 Å². The van der Waals surface area contributed by atoms with E-state index in [1.54, 1.807) is 56.5 Å². The summed E-state index contributed by atoms with van der Waals surface area (Å²) in [5.41, 5.74) is 1.50. The fourth-order valence-electron chi connectivity index (χ4n) is 2.77. The third-order valence-electron chi connectivity index (χ3n) is 4.22. The van der Waals surface area contributed by atoms with E-state index < -0.39 is 0 Å². The summed E-state index contributed by atoms with van der Waals surface area (Å²) < 4.78 is 10.5. The third-order valence-corrected chi connectivity index (χ3v) is 4.22. The molecule has 0 fully saturated rings. The Labute approximate surface area is 156 Å². The van der Waals surface area contributed by atoms with Crippen LogP contribution in [-0.4, -0.2) is 37.9 Å². The first-order valence-corrected chi connectivity index (χ1v) is 8.56. The minimum atomic E-state index is -0.353. The van der Waals surface area contributed by atoms with Crippen LogP contribution in [0.5, 0.6) is 11.5 Å². The highest BCUT2D eigenvalue weighted by Gasteiger charge is 2.28. The van der Waals surface area contributed by atoms with Gasteiger partial charge in [-0.25, -0.2) is 0 Å². The zero-order valence-electron chi connectivity index (χ0n) is 15.2. The van der Waals surface area contributed by atoms with Gasteiger partial charge in [-0.05, 0) is 42.5 Å². The van der Waals surface area contributed by atoms with Gasteiger partial charge in [0.2, 0.25) is 5.91 Å². The molecule has 0 spiro atoms. The van der Waals surface area contributed by atoms with Crippen molar-refractivity contribution in [2.75, 3.05) is 30.5 Å². The number of methoxy groups -OCH3 is 1. The standard InChI is InChI=1S/C20H20N2O5/c1-3-17(23)13-4-9-18-16(10-13)22(20(25)12-27-18)11-19(24)21-14-5-7-15(26-2)8-6-14/h4-10H,3,11-12H2,1-2H3,(H,21,24). The van der Waals surface area contributed by atoms with Crippen molar-refractivity contribution in [1.82, 2.24) is 0 Å². The Bertz CT molecular complexity index is 876. The lowest BCUT2D eigenvalue weighted by Gasteiger charge is -2.29. The lowest BCUT2D eigenvalue weighted by Crippen LogP contribution is -2.43. The fourth-order valence-corrected chi connectivity index (χ4v) is 2.77. The number of fused-ring (bicyclic) bond motifs is 1. The van der Waals surface area contributed by atoms with Crippen molar-refractivity contribution in [3.63, 3.8) is 0 Å². The van der Waals surface area contributed by atoms with Crippen LogP contribution in [0.3, 0.4) is 0 Å². The molecule has 140 valence electrons. The number of nitrogens with zero attached hydrogens (tertiary/aromatic N) is 1. The molecule has 0 saturated heterocycles. The van der Waals surface area contributed by atoms with Crippen LogP contribution < -0.4 is 19.7 Å². The van der Waals surface area contributed by atoms with E-state index in [0.29, 0.717) is 34.9 Å². The van der Waals surface area contributed by atoms with Gasteiger partial charge < -0.3 is 14.8 Å². The van der Waals surface area contributed by atoms with Gasteiger partial charge in [-0.3, -0.25) is 19.3 Å². The van der Waals surface area contributed by atoms with Crippen molar-refractivity contribution in [1.29, 1.82) is 0 Å². The number of ether oxygens (including phenoxy) is 2. The first-order chi connectivity index (χ1) is 13.0. The minimum Gasteiger partial charge on any atom is -0.497 e. The quantitative estimate of drug-likeness (QED) is 0.793. The Morgan fingerprint density at radius 3 is 2.59 bits per heavy atom. The van der Waals surface area contributed by atoms with Gasteiger partial charge >= 0.3 is 0 Å². The summed E-state index contributed by atoms with van der Waals surface area (Å²) in [7, 11) is 1.56. The summed E-state index contributed by atoms with van der Waals surface area (Å²) in [6.07, 6.45) is 0.353. The lowest BCUT2D eigenvalue weighted by atomic mass is 10.1. The summed E-state index contributed by atoms with van der Waals surface area (Å²) >= 11 is 0. The molecule has 3 rings (SSSR count). The van der Waals surface area contributed by atoms with Crippen LogP contribution in [0, 0.1) is 0 Å². The van der Waals surface area contributed by atoms with Gasteiger partial charge in [-0.2, -0.15) is 0 Å². The van der Waals surface area contributed by atoms with E-state index in [-0.39, 0.29) is 30.7 Å². The van der Waals surface area contributed by atoms with Gasteiger partial charge in [0, 0.05) is 17.7 Å². The van der Waals surface area contributed by atoms with Crippen molar-refractivity contribution in [2.24, 2.45) is 0 Å². The first kappa shape index (κ1) is 18.4. The van der Waals surface area contributed by atoms with E-state index >= 15 is 0 Å². The molecule has 1 aliphatic rings. The monoisotopic (exact) mass is 368 g/mol.